The molecule has 1 amide bonds. The summed E-state index contributed by atoms with van der Waals surface area (Å²) in [5, 5.41) is 0.857. The molecule has 1 atom stereocenters. The van der Waals surface area contributed by atoms with Crippen molar-refractivity contribution in [2.45, 2.75) is 19.0 Å². The van der Waals surface area contributed by atoms with Crippen molar-refractivity contribution in [3.05, 3.63) is 33.8 Å². The Labute approximate surface area is 134 Å². The van der Waals surface area contributed by atoms with Gasteiger partial charge in [0.1, 0.15) is 9.84 Å². The molecule has 0 radical (unpaired) electrons. The van der Waals surface area contributed by atoms with E-state index in [2.05, 4.69) is 0 Å². The first-order valence-corrected chi connectivity index (χ1v) is 9.04. The Balaban J connectivity index is 2.63. The maximum atomic E-state index is 12.1. The molecule has 0 heterocycles. The van der Waals surface area contributed by atoms with Gasteiger partial charge in [-0.25, -0.2) is 8.42 Å². The fraction of sp³-hybridized carbons (Fsp3) is 0.462. The second-order valence-corrected chi connectivity index (χ2v) is 8.04. The first-order chi connectivity index (χ1) is 9.60. The number of likely N-dealkylation sites (N-methyl/N-ethyl adjacent to an activating group) is 1. The Morgan fingerprint density at radius 2 is 1.95 bits per heavy atom. The van der Waals surface area contributed by atoms with Crippen molar-refractivity contribution in [3.63, 3.8) is 0 Å². The lowest BCUT2D eigenvalue weighted by Crippen LogP contribution is -2.42. The van der Waals surface area contributed by atoms with Crippen LogP contribution in [0.5, 0.6) is 0 Å². The molecule has 0 saturated heterocycles. The molecule has 0 aliphatic heterocycles. The van der Waals surface area contributed by atoms with Gasteiger partial charge < -0.3 is 10.6 Å². The lowest BCUT2D eigenvalue weighted by molar-refractivity contribution is -0.131. The lowest BCUT2D eigenvalue weighted by atomic mass is 10.2. The number of halogens is 2. The molecule has 21 heavy (non-hydrogen) atoms. The molecule has 1 rings (SSSR count). The molecular weight excluding hydrogens is 335 g/mol. The molecule has 8 heteroatoms. The predicted molar refractivity (Wildman–Crippen MR) is 85.2 cm³/mol. The Morgan fingerprint density at radius 3 is 2.48 bits per heavy atom. The summed E-state index contributed by atoms with van der Waals surface area (Å²) in [5.41, 5.74) is 6.55. The molecule has 0 aliphatic rings. The number of nitrogens with zero attached hydrogens (tertiary/aromatic N) is 1. The standard InChI is InChI=1S/C13H18Cl2N2O3S/c1-17(8-9-3-4-10(14)11(15)7-9)13(18)12(16)5-6-21(2,19)20/h3-4,7,12H,5-6,8,16H2,1-2H3. The number of rotatable bonds is 6. The number of benzene rings is 1. The van der Waals surface area contributed by atoms with Crippen LogP contribution in [0.15, 0.2) is 18.2 Å². The zero-order valence-corrected chi connectivity index (χ0v) is 14.2. The summed E-state index contributed by atoms with van der Waals surface area (Å²) in [6, 6.07) is 4.25. The number of carbonyl (C=O) groups excluding carboxylic acids is 1. The number of amides is 1. The second kappa shape index (κ2) is 7.45. The molecule has 118 valence electrons. The Hall–Kier alpha value is -0.820. The third-order valence-electron chi connectivity index (χ3n) is 2.90. The van der Waals surface area contributed by atoms with Crippen LogP contribution < -0.4 is 5.73 Å². The highest BCUT2D eigenvalue weighted by Gasteiger charge is 2.20. The van der Waals surface area contributed by atoms with Gasteiger partial charge in [-0.1, -0.05) is 29.3 Å². The Kier molecular flexibility index (Phi) is 6.46. The van der Waals surface area contributed by atoms with Crippen LogP contribution in [0.2, 0.25) is 10.0 Å². The van der Waals surface area contributed by atoms with E-state index in [1.54, 1.807) is 25.2 Å². The SMILES string of the molecule is CN(Cc1ccc(Cl)c(Cl)c1)C(=O)C(N)CCS(C)(=O)=O. The maximum Gasteiger partial charge on any atom is 0.239 e. The lowest BCUT2D eigenvalue weighted by Gasteiger charge is -2.21. The van der Waals surface area contributed by atoms with E-state index in [1.165, 1.54) is 4.90 Å². The summed E-state index contributed by atoms with van der Waals surface area (Å²) < 4.78 is 22.2. The van der Waals surface area contributed by atoms with Crippen molar-refractivity contribution >= 4 is 38.9 Å². The van der Waals surface area contributed by atoms with Gasteiger partial charge in [0.15, 0.2) is 0 Å². The second-order valence-electron chi connectivity index (χ2n) is 4.97. The van der Waals surface area contributed by atoms with E-state index >= 15 is 0 Å². The number of hydrogen-bond donors (Lipinski definition) is 1. The van der Waals surface area contributed by atoms with Gasteiger partial charge >= 0.3 is 0 Å². The summed E-state index contributed by atoms with van der Waals surface area (Å²) in [5.74, 6) is -0.426. The Bertz CT molecular complexity index is 620. The van der Waals surface area contributed by atoms with Crippen LogP contribution in [0.25, 0.3) is 0 Å². The first-order valence-electron chi connectivity index (χ1n) is 6.22. The molecule has 0 saturated carbocycles. The first kappa shape index (κ1) is 18.2. The fourth-order valence-corrected chi connectivity index (χ4v) is 2.74. The highest BCUT2D eigenvalue weighted by molar-refractivity contribution is 7.90. The molecule has 0 fully saturated rings. The average Bonchev–Trinajstić information content (AvgIpc) is 2.38. The smallest absolute Gasteiger partial charge is 0.239 e. The third-order valence-corrected chi connectivity index (χ3v) is 4.61. The van der Waals surface area contributed by atoms with Crippen LogP contribution in [0, 0.1) is 0 Å². The van der Waals surface area contributed by atoms with Crippen LogP contribution in [0.4, 0.5) is 0 Å². The van der Waals surface area contributed by atoms with E-state index in [4.69, 9.17) is 28.9 Å². The van der Waals surface area contributed by atoms with Crippen molar-refractivity contribution < 1.29 is 13.2 Å². The topological polar surface area (TPSA) is 80.5 Å². The number of nitrogens with two attached hydrogens (primary N) is 1. The summed E-state index contributed by atoms with van der Waals surface area (Å²) in [4.78, 5) is 13.5. The monoisotopic (exact) mass is 352 g/mol. The summed E-state index contributed by atoms with van der Waals surface area (Å²) in [6.45, 7) is 0.322. The van der Waals surface area contributed by atoms with Crippen LogP contribution in [0.1, 0.15) is 12.0 Å². The predicted octanol–water partition coefficient (Wildman–Crippen LogP) is 1.71. The molecule has 1 aromatic rings. The summed E-state index contributed by atoms with van der Waals surface area (Å²) >= 11 is 11.7. The van der Waals surface area contributed by atoms with Crippen molar-refractivity contribution in [1.29, 1.82) is 0 Å². The molecular formula is C13H18Cl2N2O3S. The minimum absolute atomic E-state index is 0.101. The van der Waals surface area contributed by atoms with E-state index < -0.39 is 15.9 Å². The number of sulfone groups is 1. The fourth-order valence-electron chi connectivity index (χ4n) is 1.74. The van der Waals surface area contributed by atoms with Gasteiger partial charge in [0.2, 0.25) is 5.91 Å². The van der Waals surface area contributed by atoms with Gasteiger partial charge in [0.05, 0.1) is 21.8 Å². The van der Waals surface area contributed by atoms with Gasteiger partial charge in [0, 0.05) is 19.8 Å². The molecule has 0 bridgehead atoms. The molecule has 0 spiro atoms. The maximum absolute atomic E-state index is 12.1. The summed E-state index contributed by atoms with van der Waals surface area (Å²) in [6.07, 6.45) is 1.22. The van der Waals surface area contributed by atoms with E-state index in [9.17, 15) is 13.2 Å². The van der Waals surface area contributed by atoms with Crippen molar-refractivity contribution in [1.82, 2.24) is 4.90 Å². The largest absolute Gasteiger partial charge is 0.340 e. The van der Waals surface area contributed by atoms with E-state index in [0.29, 0.717) is 16.6 Å². The third kappa shape index (κ3) is 6.22. The van der Waals surface area contributed by atoms with Crippen LogP contribution >= 0.6 is 23.2 Å². The minimum atomic E-state index is -3.13. The average molecular weight is 353 g/mol. The molecule has 1 unspecified atom stereocenters. The molecule has 0 aromatic heterocycles. The van der Waals surface area contributed by atoms with Gasteiger partial charge in [-0.3, -0.25) is 4.79 Å². The molecule has 1 aromatic carbocycles. The van der Waals surface area contributed by atoms with E-state index in [0.717, 1.165) is 11.8 Å². The van der Waals surface area contributed by atoms with Crippen LogP contribution in [-0.2, 0) is 21.2 Å². The van der Waals surface area contributed by atoms with Crippen molar-refractivity contribution in [3.8, 4) is 0 Å². The number of hydrogen-bond acceptors (Lipinski definition) is 4. The molecule has 5 nitrogen and oxygen atoms in total. The van der Waals surface area contributed by atoms with Gasteiger partial charge in [-0.05, 0) is 24.1 Å². The van der Waals surface area contributed by atoms with Crippen LogP contribution in [0.3, 0.4) is 0 Å². The van der Waals surface area contributed by atoms with Gasteiger partial charge in [-0.2, -0.15) is 0 Å². The van der Waals surface area contributed by atoms with Crippen molar-refractivity contribution in [2.75, 3.05) is 19.1 Å². The van der Waals surface area contributed by atoms with E-state index in [1.807, 2.05) is 0 Å². The van der Waals surface area contributed by atoms with E-state index in [-0.39, 0.29) is 18.1 Å². The highest BCUT2D eigenvalue weighted by atomic mass is 35.5. The Morgan fingerprint density at radius 1 is 1.33 bits per heavy atom. The summed E-state index contributed by atoms with van der Waals surface area (Å²) in [7, 11) is -1.53. The zero-order valence-electron chi connectivity index (χ0n) is 11.8. The number of carbonyl (C=O) groups is 1. The highest BCUT2D eigenvalue weighted by Crippen LogP contribution is 2.23. The zero-order chi connectivity index (χ0) is 16.2. The molecule has 2 N–H and O–H groups in total. The van der Waals surface area contributed by atoms with Crippen molar-refractivity contribution in [2.24, 2.45) is 5.73 Å². The van der Waals surface area contributed by atoms with Gasteiger partial charge in [-0.15, -0.1) is 0 Å². The molecule has 0 aliphatic carbocycles. The normalized spacial score (nSPS) is 13.0. The quantitative estimate of drug-likeness (QED) is 0.844. The van der Waals surface area contributed by atoms with Crippen LogP contribution in [-0.4, -0.2) is 44.3 Å². The van der Waals surface area contributed by atoms with Gasteiger partial charge in [0.25, 0.3) is 0 Å². The minimum Gasteiger partial charge on any atom is -0.340 e.